The largest absolute Gasteiger partial charge is 0.495 e. The van der Waals surface area contributed by atoms with Crippen molar-refractivity contribution in [1.82, 2.24) is 14.5 Å². The van der Waals surface area contributed by atoms with E-state index in [9.17, 15) is 0 Å². The van der Waals surface area contributed by atoms with Crippen LogP contribution in [0.4, 0.5) is 0 Å². The summed E-state index contributed by atoms with van der Waals surface area (Å²) in [4.78, 5) is 8.46. The molecule has 4 aromatic rings. The molecule has 3 heterocycles. The number of hydrogen-bond donors (Lipinski definition) is 0. The Kier molecular flexibility index (Phi) is 2.82. The maximum atomic E-state index is 5.26. The van der Waals surface area contributed by atoms with Crippen molar-refractivity contribution in [2.75, 3.05) is 7.11 Å². The molecule has 22 heavy (non-hydrogen) atoms. The first-order valence-electron chi connectivity index (χ1n) is 7.09. The van der Waals surface area contributed by atoms with E-state index in [-0.39, 0.29) is 0 Å². The third-order valence-electron chi connectivity index (χ3n) is 4.09. The van der Waals surface area contributed by atoms with Crippen LogP contribution >= 0.6 is 0 Å². The van der Waals surface area contributed by atoms with Gasteiger partial charge in [-0.1, -0.05) is 6.07 Å². The van der Waals surface area contributed by atoms with E-state index >= 15 is 0 Å². The Labute approximate surface area is 128 Å². The number of benzene rings is 1. The molecule has 0 aliphatic rings. The molecule has 3 aromatic heterocycles. The van der Waals surface area contributed by atoms with Gasteiger partial charge in [-0.15, -0.1) is 0 Å². The van der Waals surface area contributed by atoms with Crippen LogP contribution in [0.25, 0.3) is 32.9 Å². The fraction of sp³-hybridized carbons (Fsp3) is 0.111. The van der Waals surface area contributed by atoms with Crippen LogP contribution in [0.2, 0.25) is 0 Å². The Morgan fingerprint density at radius 3 is 2.64 bits per heavy atom. The third kappa shape index (κ3) is 1.84. The summed E-state index contributed by atoms with van der Waals surface area (Å²) in [7, 11) is 3.72. The van der Waals surface area contributed by atoms with Crippen LogP contribution in [0.15, 0.2) is 55.1 Å². The van der Waals surface area contributed by atoms with Crippen LogP contribution in [-0.4, -0.2) is 21.6 Å². The summed E-state index contributed by atoms with van der Waals surface area (Å²) in [5.74, 6) is 0.764. The van der Waals surface area contributed by atoms with Gasteiger partial charge in [0.15, 0.2) is 0 Å². The molecule has 0 radical (unpaired) electrons. The van der Waals surface area contributed by atoms with Gasteiger partial charge in [0.2, 0.25) is 0 Å². The highest BCUT2D eigenvalue weighted by molar-refractivity contribution is 6.08. The number of aryl methyl sites for hydroxylation is 1. The summed E-state index contributed by atoms with van der Waals surface area (Å²) in [6.45, 7) is 0. The van der Waals surface area contributed by atoms with Gasteiger partial charge in [0.05, 0.1) is 25.0 Å². The first kappa shape index (κ1) is 12.8. The smallest absolute Gasteiger partial charge is 0.137 e. The molecule has 0 atom stereocenters. The lowest BCUT2D eigenvalue weighted by molar-refractivity contribution is 0.413. The molecule has 4 rings (SSSR count). The summed E-state index contributed by atoms with van der Waals surface area (Å²) in [5, 5.41) is 2.44. The summed E-state index contributed by atoms with van der Waals surface area (Å²) in [5.41, 5.74) is 4.51. The van der Waals surface area contributed by atoms with Gasteiger partial charge in [-0.3, -0.25) is 9.97 Å². The highest BCUT2D eigenvalue weighted by Crippen LogP contribution is 2.32. The molecule has 0 aliphatic heterocycles. The molecule has 0 saturated carbocycles. The number of nitrogens with zero attached hydrogens (tertiary/aromatic N) is 3. The fourth-order valence-corrected chi connectivity index (χ4v) is 2.92. The van der Waals surface area contributed by atoms with Gasteiger partial charge in [0.1, 0.15) is 5.75 Å². The Morgan fingerprint density at radius 1 is 0.864 bits per heavy atom. The van der Waals surface area contributed by atoms with E-state index in [0.29, 0.717) is 0 Å². The van der Waals surface area contributed by atoms with Gasteiger partial charge in [-0.25, -0.2) is 0 Å². The van der Waals surface area contributed by atoms with Crippen molar-refractivity contribution in [2.45, 2.75) is 0 Å². The normalized spacial score (nSPS) is 11.2. The molecule has 4 nitrogen and oxygen atoms in total. The van der Waals surface area contributed by atoms with Crippen molar-refractivity contribution in [3.8, 4) is 16.9 Å². The van der Waals surface area contributed by atoms with Gasteiger partial charge in [0.25, 0.3) is 0 Å². The lowest BCUT2D eigenvalue weighted by Crippen LogP contribution is -1.88. The highest BCUT2D eigenvalue weighted by atomic mass is 16.5. The molecule has 0 N–H and O–H groups in total. The van der Waals surface area contributed by atoms with E-state index < -0.39 is 0 Å². The first-order chi connectivity index (χ1) is 10.8. The van der Waals surface area contributed by atoms with Crippen LogP contribution in [0.1, 0.15) is 0 Å². The topological polar surface area (TPSA) is 39.9 Å². The predicted octanol–water partition coefficient (Wildman–Crippen LogP) is 3.80. The van der Waals surface area contributed by atoms with Gasteiger partial charge in [-0.2, -0.15) is 0 Å². The Hall–Kier alpha value is -2.88. The second-order valence-electron chi connectivity index (χ2n) is 5.30. The molecule has 108 valence electrons. The maximum absolute atomic E-state index is 5.26. The quantitative estimate of drug-likeness (QED) is 0.563. The number of pyridine rings is 2. The predicted molar refractivity (Wildman–Crippen MR) is 88.0 cm³/mol. The number of rotatable bonds is 2. The molecule has 0 saturated heterocycles. The summed E-state index contributed by atoms with van der Waals surface area (Å²) in [6.07, 6.45) is 7.31. The van der Waals surface area contributed by atoms with Crippen LogP contribution < -0.4 is 4.74 Å². The number of ether oxygens (including phenoxy) is 1. The van der Waals surface area contributed by atoms with E-state index in [1.807, 2.05) is 24.7 Å². The molecule has 1 aromatic carbocycles. The van der Waals surface area contributed by atoms with Gasteiger partial charge >= 0.3 is 0 Å². The maximum Gasteiger partial charge on any atom is 0.137 e. The molecule has 0 spiro atoms. The van der Waals surface area contributed by atoms with E-state index in [1.54, 1.807) is 13.3 Å². The molecule has 0 bridgehead atoms. The second kappa shape index (κ2) is 4.84. The number of aromatic nitrogens is 3. The molecule has 0 aliphatic carbocycles. The lowest BCUT2D eigenvalue weighted by atomic mass is 10.0. The summed E-state index contributed by atoms with van der Waals surface area (Å²) >= 11 is 0. The van der Waals surface area contributed by atoms with E-state index in [2.05, 4.69) is 45.8 Å². The Bertz CT molecular complexity index is 988. The van der Waals surface area contributed by atoms with Crippen LogP contribution in [0.5, 0.6) is 5.75 Å². The van der Waals surface area contributed by atoms with Crippen LogP contribution in [0, 0.1) is 0 Å². The minimum atomic E-state index is 0.764. The lowest BCUT2D eigenvalue weighted by Gasteiger charge is -2.05. The SMILES string of the molecule is COc1cncc(-c2ccc3c(c2)c2ccncc2n3C)c1. The number of fused-ring (bicyclic) bond motifs is 3. The number of hydrogen-bond acceptors (Lipinski definition) is 3. The molecular weight excluding hydrogens is 274 g/mol. The van der Waals surface area contributed by atoms with Crippen molar-refractivity contribution in [1.29, 1.82) is 0 Å². The molecule has 0 fully saturated rings. The molecule has 4 heteroatoms. The minimum absolute atomic E-state index is 0.764. The van der Waals surface area contributed by atoms with Crippen LogP contribution in [-0.2, 0) is 7.05 Å². The molecule has 0 amide bonds. The first-order valence-corrected chi connectivity index (χ1v) is 7.09. The number of methoxy groups -OCH3 is 1. The minimum Gasteiger partial charge on any atom is -0.495 e. The monoisotopic (exact) mass is 289 g/mol. The van der Waals surface area contributed by atoms with Crippen molar-refractivity contribution in [2.24, 2.45) is 7.05 Å². The van der Waals surface area contributed by atoms with E-state index in [4.69, 9.17) is 4.74 Å². The molecular formula is C18H15N3O. The third-order valence-corrected chi connectivity index (χ3v) is 4.09. The average Bonchev–Trinajstić information content (AvgIpc) is 2.88. The summed E-state index contributed by atoms with van der Waals surface area (Å²) in [6, 6.07) is 10.5. The fourth-order valence-electron chi connectivity index (χ4n) is 2.92. The van der Waals surface area contributed by atoms with Gasteiger partial charge < -0.3 is 9.30 Å². The zero-order valence-electron chi connectivity index (χ0n) is 12.4. The van der Waals surface area contributed by atoms with Crippen molar-refractivity contribution in [3.63, 3.8) is 0 Å². The van der Waals surface area contributed by atoms with Gasteiger partial charge in [0, 0.05) is 41.3 Å². The van der Waals surface area contributed by atoms with Crippen molar-refractivity contribution < 1.29 is 4.74 Å². The van der Waals surface area contributed by atoms with Crippen molar-refractivity contribution in [3.05, 3.63) is 55.1 Å². The van der Waals surface area contributed by atoms with Gasteiger partial charge in [-0.05, 0) is 29.8 Å². The van der Waals surface area contributed by atoms with E-state index in [1.165, 1.54) is 16.3 Å². The standard InChI is InChI=1S/C18H15N3O/c1-21-17-4-3-12(13-7-14(22-2)10-20-9-13)8-16(17)15-5-6-19-11-18(15)21/h3-11H,1-2H3. The average molecular weight is 289 g/mol. The Balaban J connectivity index is 1.99. The second-order valence-corrected chi connectivity index (χ2v) is 5.30. The zero-order valence-corrected chi connectivity index (χ0v) is 12.4. The van der Waals surface area contributed by atoms with E-state index in [0.717, 1.165) is 22.4 Å². The van der Waals surface area contributed by atoms with Crippen molar-refractivity contribution >= 4 is 21.8 Å². The summed E-state index contributed by atoms with van der Waals surface area (Å²) < 4.78 is 7.44. The highest BCUT2D eigenvalue weighted by Gasteiger charge is 2.09. The van der Waals surface area contributed by atoms with Crippen LogP contribution in [0.3, 0.4) is 0 Å². The zero-order chi connectivity index (χ0) is 15.1. The Morgan fingerprint density at radius 2 is 1.77 bits per heavy atom. The molecule has 0 unspecified atom stereocenters.